The first-order valence-electron chi connectivity index (χ1n) is 10.9. The topological polar surface area (TPSA) is 95.5 Å². The Kier molecular flexibility index (Phi) is 6.26. The Hall–Kier alpha value is -3.60. The van der Waals surface area contributed by atoms with Crippen LogP contribution in [0.3, 0.4) is 0 Å². The van der Waals surface area contributed by atoms with Gasteiger partial charge in [0.1, 0.15) is 17.4 Å². The van der Waals surface area contributed by atoms with Crippen LogP contribution in [0.5, 0.6) is 5.75 Å². The number of rotatable bonds is 6. The Morgan fingerprint density at radius 3 is 2.62 bits per heavy atom. The molecule has 1 aliphatic rings. The summed E-state index contributed by atoms with van der Waals surface area (Å²) in [6, 6.07) is 10.4. The van der Waals surface area contributed by atoms with Crippen LogP contribution in [0, 0.1) is 25.2 Å². The van der Waals surface area contributed by atoms with E-state index in [0.717, 1.165) is 48.6 Å². The molecule has 1 N–H and O–H groups in total. The molecule has 8 nitrogen and oxygen atoms in total. The number of piperidine rings is 1. The molecule has 0 spiro atoms. The van der Waals surface area contributed by atoms with Crippen molar-refractivity contribution < 1.29 is 9.53 Å². The summed E-state index contributed by atoms with van der Waals surface area (Å²) >= 11 is 0. The van der Waals surface area contributed by atoms with Gasteiger partial charge in [-0.15, -0.1) is 0 Å². The minimum Gasteiger partial charge on any atom is -0.497 e. The van der Waals surface area contributed by atoms with Crippen molar-refractivity contribution in [1.82, 2.24) is 19.9 Å². The summed E-state index contributed by atoms with van der Waals surface area (Å²) in [6.07, 6.45) is 4.38. The molecule has 0 aliphatic carbocycles. The number of aromatic nitrogens is 3. The first-order valence-corrected chi connectivity index (χ1v) is 10.9. The van der Waals surface area contributed by atoms with Crippen molar-refractivity contribution in [3.8, 4) is 11.8 Å². The van der Waals surface area contributed by atoms with Crippen molar-refractivity contribution in [3.05, 3.63) is 53.0 Å². The molecular formula is C24H28N6O2. The molecule has 0 radical (unpaired) electrons. The highest BCUT2D eigenvalue weighted by molar-refractivity contribution is 5.76. The van der Waals surface area contributed by atoms with E-state index in [0.29, 0.717) is 24.1 Å². The molecule has 2 aromatic heterocycles. The zero-order valence-electron chi connectivity index (χ0n) is 18.8. The van der Waals surface area contributed by atoms with Gasteiger partial charge in [0.2, 0.25) is 5.91 Å². The second kappa shape index (κ2) is 9.27. The zero-order chi connectivity index (χ0) is 22.7. The lowest BCUT2D eigenvalue weighted by Crippen LogP contribution is -2.44. The molecule has 0 unspecified atom stereocenters. The fraction of sp³-hybridized carbons (Fsp3) is 0.417. The molecule has 3 aromatic rings. The van der Waals surface area contributed by atoms with Crippen LogP contribution in [-0.4, -0.2) is 46.7 Å². The number of aryl methyl sites for hydroxylation is 2. The molecule has 0 bridgehead atoms. The van der Waals surface area contributed by atoms with Crippen molar-refractivity contribution in [3.63, 3.8) is 0 Å². The van der Waals surface area contributed by atoms with Crippen LogP contribution in [0.15, 0.2) is 30.5 Å². The van der Waals surface area contributed by atoms with E-state index in [-0.39, 0.29) is 11.9 Å². The Bertz CT molecular complexity index is 1150. The van der Waals surface area contributed by atoms with Gasteiger partial charge in [-0.05, 0) is 62.9 Å². The summed E-state index contributed by atoms with van der Waals surface area (Å²) in [5, 5.41) is 16.7. The molecule has 1 amide bonds. The normalized spacial score (nSPS) is 14.4. The molecule has 166 valence electrons. The van der Waals surface area contributed by atoms with Crippen LogP contribution in [0.1, 0.15) is 41.8 Å². The quantitative estimate of drug-likeness (QED) is 0.643. The van der Waals surface area contributed by atoms with E-state index in [1.807, 2.05) is 26.0 Å². The van der Waals surface area contributed by atoms with Gasteiger partial charge in [0, 0.05) is 42.6 Å². The smallest absolute Gasteiger partial charge is 0.220 e. The maximum Gasteiger partial charge on any atom is 0.220 e. The summed E-state index contributed by atoms with van der Waals surface area (Å²) < 4.78 is 6.91. The van der Waals surface area contributed by atoms with E-state index in [4.69, 9.17) is 4.74 Å². The van der Waals surface area contributed by atoms with Gasteiger partial charge >= 0.3 is 0 Å². The van der Waals surface area contributed by atoms with Crippen molar-refractivity contribution in [2.75, 3.05) is 25.1 Å². The SMILES string of the molecule is COc1ccc(N2CCC(NC(=O)CCc3c(C)nc4c(C#N)cnn4c3C)CC2)cc1. The number of anilines is 1. The van der Waals surface area contributed by atoms with Crippen LogP contribution >= 0.6 is 0 Å². The lowest BCUT2D eigenvalue weighted by atomic mass is 10.0. The molecule has 0 atom stereocenters. The number of nitrogens with zero attached hydrogens (tertiary/aromatic N) is 5. The average Bonchev–Trinajstić information content (AvgIpc) is 3.22. The fourth-order valence-corrected chi connectivity index (χ4v) is 4.37. The van der Waals surface area contributed by atoms with E-state index < -0.39 is 0 Å². The standard InChI is InChI=1S/C24H28N6O2/c1-16-22(17(2)30-24(27-16)18(14-25)15-26-30)8-9-23(31)28-19-10-12-29(13-11-19)20-4-6-21(32-3)7-5-20/h4-7,15,19H,8-13H2,1-3H3,(H,28,31). The summed E-state index contributed by atoms with van der Waals surface area (Å²) in [5.41, 5.74) is 4.99. The van der Waals surface area contributed by atoms with Gasteiger partial charge in [0.15, 0.2) is 5.65 Å². The second-order valence-electron chi connectivity index (χ2n) is 8.19. The molecule has 4 rings (SSSR count). The fourth-order valence-electron chi connectivity index (χ4n) is 4.37. The van der Waals surface area contributed by atoms with Crippen molar-refractivity contribution in [2.24, 2.45) is 0 Å². The van der Waals surface area contributed by atoms with Crippen LogP contribution < -0.4 is 15.0 Å². The maximum absolute atomic E-state index is 12.6. The Balaban J connectivity index is 1.31. The third-order valence-corrected chi connectivity index (χ3v) is 6.23. The van der Waals surface area contributed by atoms with Gasteiger partial charge in [0.25, 0.3) is 0 Å². The van der Waals surface area contributed by atoms with E-state index in [9.17, 15) is 10.1 Å². The largest absolute Gasteiger partial charge is 0.497 e. The monoisotopic (exact) mass is 432 g/mol. The van der Waals surface area contributed by atoms with Crippen LogP contribution in [0.25, 0.3) is 5.65 Å². The number of nitrogens with one attached hydrogen (secondary N) is 1. The predicted molar refractivity (Wildman–Crippen MR) is 122 cm³/mol. The average molecular weight is 433 g/mol. The molecule has 8 heteroatoms. The highest BCUT2D eigenvalue weighted by Crippen LogP contribution is 2.23. The molecule has 1 aliphatic heterocycles. The molecule has 1 fully saturated rings. The number of ether oxygens (including phenoxy) is 1. The Labute approximate surface area is 187 Å². The first kappa shape index (κ1) is 21.6. The lowest BCUT2D eigenvalue weighted by Gasteiger charge is -2.34. The Morgan fingerprint density at radius 2 is 1.97 bits per heavy atom. The van der Waals surface area contributed by atoms with E-state index in [1.54, 1.807) is 11.6 Å². The predicted octanol–water partition coefficient (Wildman–Crippen LogP) is 2.94. The summed E-state index contributed by atoms with van der Waals surface area (Å²) in [6.45, 7) is 5.70. The summed E-state index contributed by atoms with van der Waals surface area (Å²) in [5.74, 6) is 0.916. The number of hydrogen-bond acceptors (Lipinski definition) is 6. The highest BCUT2D eigenvalue weighted by Gasteiger charge is 2.21. The minimum absolute atomic E-state index is 0.0602. The zero-order valence-corrected chi connectivity index (χ0v) is 18.8. The van der Waals surface area contributed by atoms with Crippen molar-refractivity contribution in [2.45, 2.75) is 45.6 Å². The number of nitriles is 1. The van der Waals surface area contributed by atoms with E-state index in [1.165, 1.54) is 11.9 Å². The molecule has 32 heavy (non-hydrogen) atoms. The number of carbonyl (C=O) groups is 1. The van der Waals surface area contributed by atoms with E-state index >= 15 is 0 Å². The molecular weight excluding hydrogens is 404 g/mol. The number of carbonyl (C=O) groups excluding carboxylic acids is 1. The van der Waals surface area contributed by atoms with E-state index in [2.05, 4.69) is 38.5 Å². The van der Waals surface area contributed by atoms with Crippen LogP contribution in [0.2, 0.25) is 0 Å². The molecule has 1 saturated heterocycles. The van der Waals surface area contributed by atoms with Crippen molar-refractivity contribution >= 4 is 17.2 Å². The van der Waals surface area contributed by atoms with Crippen molar-refractivity contribution in [1.29, 1.82) is 5.26 Å². The molecule has 1 aromatic carbocycles. The summed E-state index contributed by atoms with van der Waals surface area (Å²) in [7, 11) is 1.67. The number of benzene rings is 1. The second-order valence-corrected chi connectivity index (χ2v) is 8.19. The Morgan fingerprint density at radius 1 is 1.25 bits per heavy atom. The number of amides is 1. The number of hydrogen-bond donors (Lipinski definition) is 1. The number of fused-ring (bicyclic) bond motifs is 1. The lowest BCUT2D eigenvalue weighted by molar-refractivity contribution is -0.121. The van der Waals surface area contributed by atoms with Gasteiger partial charge in [-0.1, -0.05) is 0 Å². The van der Waals surface area contributed by atoms with Crippen LogP contribution in [-0.2, 0) is 11.2 Å². The van der Waals surface area contributed by atoms with Gasteiger partial charge < -0.3 is 15.0 Å². The van der Waals surface area contributed by atoms with Gasteiger partial charge in [-0.25, -0.2) is 9.50 Å². The van der Waals surface area contributed by atoms with Crippen LogP contribution in [0.4, 0.5) is 5.69 Å². The molecule has 3 heterocycles. The first-order chi connectivity index (χ1) is 15.5. The van der Waals surface area contributed by atoms with Gasteiger partial charge in [-0.2, -0.15) is 10.4 Å². The third-order valence-electron chi connectivity index (χ3n) is 6.23. The van der Waals surface area contributed by atoms with Gasteiger partial charge in [-0.3, -0.25) is 4.79 Å². The third kappa shape index (κ3) is 4.37. The highest BCUT2D eigenvalue weighted by atomic mass is 16.5. The molecule has 0 saturated carbocycles. The maximum atomic E-state index is 12.6. The number of methoxy groups -OCH3 is 1. The van der Waals surface area contributed by atoms with Gasteiger partial charge in [0.05, 0.1) is 13.3 Å². The minimum atomic E-state index is 0.0602. The summed E-state index contributed by atoms with van der Waals surface area (Å²) in [4.78, 5) is 19.5.